The Labute approximate surface area is 197 Å². The largest absolute Gasteiger partial charge is 0.491 e. The molecule has 0 fully saturated rings. The second-order valence-corrected chi connectivity index (χ2v) is 9.93. The van der Waals surface area contributed by atoms with E-state index in [1.807, 2.05) is 64.1 Å². The molecule has 0 saturated heterocycles. The summed E-state index contributed by atoms with van der Waals surface area (Å²) in [7, 11) is -1.49. The summed E-state index contributed by atoms with van der Waals surface area (Å²) in [4.78, 5) is 9.66. The minimum atomic E-state index is -1.49. The maximum atomic E-state index is 12.9. The number of aliphatic imine (C=N–C) groups is 1. The fourth-order valence-electron chi connectivity index (χ4n) is 3.60. The monoisotopic (exact) mass is 458 g/mol. The third kappa shape index (κ3) is 4.96. The summed E-state index contributed by atoms with van der Waals surface area (Å²) in [5.74, 6) is 1.31. The molecule has 33 heavy (non-hydrogen) atoms. The summed E-state index contributed by atoms with van der Waals surface area (Å²) >= 11 is 0. The van der Waals surface area contributed by atoms with Gasteiger partial charge in [0.15, 0.2) is 11.0 Å². The van der Waals surface area contributed by atoms with Crippen LogP contribution in [-0.4, -0.2) is 21.0 Å². The van der Waals surface area contributed by atoms with Gasteiger partial charge < -0.3 is 4.74 Å². The van der Waals surface area contributed by atoms with E-state index >= 15 is 0 Å². The van der Waals surface area contributed by atoms with Crippen molar-refractivity contribution in [3.05, 3.63) is 83.0 Å². The Morgan fingerprint density at radius 1 is 1.12 bits per heavy atom. The number of hydrogen-bond donors (Lipinski definition) is 1. The fraction of sp³-hybridized carbons (Fsp3) is 0.269. The van der Waals surface area contributed by atoms with E-state index in [9.17, 15) is 9.47 Å². The van der Waals surface area contributed by atoms with Crippen LogP contribution in [0.2, 0.25) is 0 Å². The summed E-state index contributed by atoms with van der Waals surface area (Å²) in [5.41, 5.74) is 4.25. The second-order valence-electron chi connectivity index (χ2n) is 8.71. The predicted octanol–water partition coefficient (Wildman–Crippen LogP) is 5.16. The first kappa shape index (κ1) is 22.7. The second kappa shape index (κ2) is 9.16. The normalized spacial score (nSPS) is 13.8. The zero-order chi connectivity index (χ0) is 23.6. The van der Waals surface area contributed by atoms with Crippen LogP contribution in [0.4, 0.5) is 5.82 Å². The number of nitrogens with one attached hydrogen (secondary N) is 1. The van der Waals surface area contributed by atoms with Crippen LogP contribution in [0, 0.1) is 11.3 Å². The van der Waals surface area contributed by atoms with Crippen LogP contribution in [0.25, 0.3) is 0 Å². The molecule has 0 spiro atoms. The quantitative estimate of drug-likeness (QED) is 0.530. The predicted molar refractivity (Wildman–Crippen MR) is 131 cm³/mol. The topological polar surface area (TPSA) is 87.4 Å². The SMILES string of the molecule is CC(C)Oc1ccc2c(c1)C(c1ccnc(NS(=O)c3ccc(C(C)(C)C#N)cc3)c1)=NC2. The van der Waals surface area contributed by atoms with E-state index in [-0.39, 0.29) is 6.10 Å². The maximum Gasteiger partial charge on any atom is 0.151 e. The van der Waals surface area contributed by atoms with Gasteiger partial charge in [0.1, 0.15) is 11.6 Å². The minimum absolute atomic E-state index is 0.0941. The average molecular weight is 459 g/mol. The van der Waals surface area contributed by atoms with Gasteiger partial charge >= 0.3 is 0 Å². The van der Waals surface area contributed by atoms with Gasteiger partial charge in [-0.3, -0.25) is 9.71 Å². The van der Waals surface area contributed by atoms with Crippen LogP contribution in [0.1, 0.15) is 49.9 Å². The Hall–Kier alpha value is -3.50. The molecule has 1 N–H and O–H groups in total. The van der Waals surface area contributed by atoms with Crippen LogP contribution in [0.3, 0.4) is 0 Å². The molecule has 0 amide bonds. The first-order valence-electron chi connectivity index (χ1n) is 10.8. The van der Waals surface area contributed by atoms with Gasteiger partial charge in [0.05, 0.1) is 34.7 Å². The van der Waals surface area contributed by atoms with Crippen molar-refractivity contribution in [3.63, 3.8) is 0 Å². The number of anilines is 1. The van der Waals surface area contributed by atoms with Crippen molar-refractivity contribution in [3.8, 4) is 11.8 Å². The molecule has 6 nitrogen and oxygen atoms in total. The molecule has 1 aliphatic heterocycles. The number of ether oxygens (including phenoxy) is 1. The summed E-state index contributed by atoms with van der Waals surface area (Å²) in [6, 6.07) is 19.3. The zero-order valence-electron chi connectivity index (χ0n) is 19.1. The Bertz CT molecular complexity index is 1270. The van der Waals surface area contributed by atoms with Crippen LogP contribution in [0.15, 0.2) is 70.7 Å². The van der Waals surface area contributed by atoms with Crippen molar-refractivity contribution in [2.24, 2.45) is 4.99 Å². The van der Waals surface area contributed by atoms with E-state index < -0.39 is 16.4 Å². The summed E-state index contributed by atoms with van der Waals surface area (Å²) in [5, 5.41) is 9.30. The van der Waals surface area contributed by atoms with Crippen LogP contribution in [-0.2, 0) is 22.9 Å². The van der Waals surface area contributed by atoms with E-state index in [0.29, 0.717) is 17.3 Å². The number of pyridine rings is 1. The van der Waals surface area contributed by atoms with Crippen LogP contribution >= 0.6 is 0 Å². The number of nitriles is 1. The number of aromatic nitrogens is 1. The Kier molecular flexibility index (Phi) is 6.30. The Morgan fingerprint density at radius 3 is 2.58 bits per heavy atom. The van der Waals surface area contributed by atoms with Gasteiger partial charge in [-0.25, -0.2) is 9.19 Å². The highest BCUT2D eigenvalue weighted by Crippen LogP contribution is 2.28. The van der Waals surface area contributed by atoms with Gasteiger partial charge in [0.2, 0.25) is 0 Å². The van der Waals surface area contributed by atoms with E-state index in [0.717, 1.165) is 33.7 Å². The molecule has 3 aromatic rings. The number of nitrogens with zero attached hydrogens (tertiary/aromatic N) is 3. The smallest absolute Gasteiger partial charge is 0.151 e. The molecule has 0 saturated carbocycles. The molecule has 1 unspecified atom stereocenters. The molecule has 1 aromatic heterocycles. The van der Waals surface area contributed by atoms with Crippen LogP contribution < -0.4 is 9.46 Å². The van der Waals surface area contributed by atoms with Gasteiger partial charge in [-0.15, -0.1) is 0 Å². The lowest BCUT2D eigenvalue weighted by Gasteiger charge is -2.16. The third-order valence-corrected chi connectivity index (χ3v) is 6.51. The molecular weight excluding hydrogens is 432 g/mol. The van der Waals surface area contributed by atoms with Gasteiger partial charge in [0, 0.05) is 17.3 Å². The highest BCUT2D eigenvalue weighted by molar-refractivity contribution is 7.86. The standard InChI is InChI=1S/C26H26N4O2S/c1-17(2)32-21-8-5-19-15-29-25(23(19)14-21)18-11-12-28-24(13-18)30-33(31)22-9-6-20(7-10-22)26(3,4)16-27/h5-14,17H,15H2,1-4H3,(H,28,30). The molecule has 2 aromatic carbocycles. The number of rotatable bonds is 7. The summed E-state index contributed by atoms with van der Waals surface area (Å²) in [6.07, 6.45) is 1.78. The molecule has 1 atom stereocenters. The lowest BCUT2D eigenvalue weighted by atomic mass is 9.87. The Morgan fingerprint density at radius 2 is 1.88 bits per heavy atom. The van der Waals surface area contributed by atoms with Crippen molar-refractivity contribution in [2.75, 3.05) is 4.72 Å². The molecule has 0 bridgehead atoms. The molecule has 4 rings (SSSR count). The molecular formula is C26H26N4O2S. The van der Waals surface area contributed by atoms with Crippen molar-refractivity contribution >= 4 is 22.5 Å². The van der Waals surface area contributed by atoms with Crippen molar-refractivity contribution in [1.29, 1.82) is 5.26 Å². The van der Waals surface area contributed by atoms with Gasteiger partial charge in [-0.1, -0.05) is 18.2 Å². The van der Waals surface area contributed by atoms with E-state index in [1.165, 1.54) is 0 Å². The molecule has 0 aliphatic carbocycles. The van der Waals surface area contributed by atoms with Crippen LogP contribution in [0.5, 0.6) is 5.75 Å². The number of hydrogen-bond acceptors (Lipinski definition) is 5. The zero-order valence-corrected chi connectivity index (χ0v) is 19.9. The lowest BCUT2D eigenvalue weighted by molar-refractivity contribution is 0.242. The number of benzene rings is 2. The summed E-state index contributed by atoms with van der Waals surface area (Å²) in [6.45, 7) is 8.33. The molecule has 1 aliphatic rings. The molecule has 2 heterocycles. The Balaban J connectivity index is 1.53. The first-order chi connectivity index (χ1) is 15.8. The van der Waals surface area contributed by atoms with Crippen molar-refractivity contribution < 1.29 is 8.95 Å². The number of fused-ring (bicyclic) bond motifs is 1. The van der Waals surface area contributed by atoms with E-state index in [1.54, 1.807) is 18.3 Å². The average Bonchev–Trinajstić information content (AvgIpc) is 3.22. The van der Waals surface area contributed by atoms with Crippen molar-refractivity contribution in [1.82, 2.24) is 4.98 Å². The van der Waals surface area contributed by atoms with Gasteiger partial charge in [-0.05, 0) is 75.2 Å². The molecule has 7 heteroatoms. The highest BCUT2D eigenvalue weighted by atomic mass is 32.2. The minimum Gasteiger partial charge on any atom is -0.491 e. The molecule has 0 radical (unpaired) electrons. The maximum absolute atomic E-state index is 12.9. The van der Waals surface area contributed by atoms with Gasteiger partial charge in [0.25, 0.3) is 0 Å². The van der Waals surface area contributed by atoms with E-state index in [4.69, 9.17) is 9.73 Å². The third-order valence-electron chi connectivity index (χ3n) is 5.42. The molecule has 168 valence electrons. The highest BCUT2D eigenvalue weighted by Gasteiger charge is 2.21. The summed E-state index contributed by atoms with van der Waals surface area (Å²) < 4.78 is 21.7. The fourth-order valence-corrected chi connectivity index (χ4v) is 4.41. The lowest BCUT2D eigenvalue weighted by Crippen LogP contribution is -2.14. The van der Waals surface area contributed by atoms with Gasteiger partial charge in [-0.2, -0.15) is 5.26 Å². The van der Waals surface area contributed by atoms with E-state index in [2.05, 4.69) is 21.8 Å². The first-order valence-corrected chi connectivity index (χ1v) is 11.9. The van der Waals surface area contributed by atoms with Crippen molar-refractivity contribution in [2.45, 2.75) is 50.7 Å².